The lowest BCUT2D eigenvalue weighted by molar-refractivity contribution is -0.137. The number of piperazine rings is 1. The summed E-state index contributed by atoms with van der Waals surface area (Å²) in [5.74, 6) is -1.38. The van der Waals surface area contributed by atoms with E-state index >= 15 is 0 Å². The molecule has 14 heteroatoms. The summed E-state index contributed by atoms with van der Waals surface area (Å²) in [6, 6.07) is 5.36. The second kappa shape index (κ2) is 14.9. The average Bonchev–Trinajstić information content (AvgIpc) is 3.17. The third-order valence-corrected chi connectivity index (χ3v) is 7.64. The smallest absolute Gasteiger partial charge is 0.303 e. The van der Waals surface area contributed by atoms with Crippen LogP contribution in [0.3, 0.4) is 0 Å². The van der Waals surface area contributed by atoms with Gasteiger partial charge in [0.25, 0.3) is 17.4 Å². The van der Waals surface area contributed by atoms with Crippen molar-refractivity contribution < 1.29 is 29.7 Å². The number of aliphatic carboxylic acids is 2. The monoisotopic (exact) mass is 591 g/mol. The Hall–Kier alpha value is -3.33. The van der Waals surface area contributed by atoms with Crippen molar-refractivity contribution in [1.82, 2.24) is 19.2 Å². The largest absolute Gasteiger partial charge is 0.481 e. The number of β-amino-alcohol motifs (C(OH)–C–C–N with tert-alkyl or cyclic N) is 1. The molecule has 0 atom stereocenters. The fourth-order valence-electron chi connectivity index (χ4n) is 4.33. The lowest BCUT2D eigenvalue weighted by Crippen LogP contribution is -2.48. The zero-order chi connectivity index (χ0) is 29.2. The highest BCUT2D eigenvalue weighted by atomic mass is 32.2. The van der Waals surface area contributed by atoms with Gasteiger partial charge in [0.15, 0.2) is 0 Å². The number of carboxylic acid groups (broad SMARTS) is 2. The van der Waals surface area contributed by atoms with E-state index in [2.05, 4.69) is 9.80 Å². The number of thiocarbonyl (C=S) groups is 1. The minimum Gasteiger partial charge on any atom is -0.481 e. The first-order valence-electron chi connectivity index (χ1n) is 12.9. The van der Waals surface area contributed by atoms with Crippen LogP contribution in [0.15, 0.2) is 34.1 Å². The van der Waals surface area contributed by atoms with Gasteiger partial charge >= 0.3 is 5.97 Å². The molecule has 3 N–H and O–H groups in total. The van der Waals surface area contributed by atoms with Gasteiger partial charge in [-0.25, -0.2) is 4.98 Å². The topological polar surface area (TPSA) is 156 Å². The molecule has 2 aromatic heterocycles. The molecule has 0 saturated carbocycles. The number of aliphatic hydroxyl groups excluding tert-OH is 1. The van der Waals surface area contributed by atoms with Gasteiger partial charge in [-0.1, -0.05) is 36.5 Å². The number of hydrogen-bond donors (Lipinski definition) is 3. The molecule has 2 aliphatic heterocycles. The highest BCUT2D eigenvalue weighted by Crippen LogP contribution is 2.34. The van der Waals surface area contributed by atoms with Crippen molar-refractivity contribution in [3.05, 3.63) is 45.2 Å². The van der Waals surface area contributed by atoms with E-state index in [1.165, 1.54) is 21.1 Å². The number of hydrogen-bond acceptors (Lipinski definition) is 10. The number of amides is 1. The first kappa shape index (κ1) is 31.2. The van der Waals surface area contributed by atoms with Crippen LogP contribution in [-0.2, 0) is 14.4 Å². The number of anilines is 1. The summed E-state index contributed by atoms with van der Waals surface area (Å²) >= 11 is 6.60. The van der Waals surface area contributed by atoms with E-state index in [0.29, 0.717) is 71.7 Å². The van der Waals surface area contributed by atoms with Crippen LogP contribution in [0.5, 0.6) is 0 Å². The second-order valence-corrected chi connectivity index (χ2v) is 10.9. The quantitative estimate of drug-likeness (QED) is 0.209. The van der Waals surface area contributed by atoms with Crippen LogP contribution in [-0.4, -0.2) is 103 Å². The van der Waals surface area contributed by atoms with E-state index in [9.17, 15) is 19.5 Å². The van der Waals surface area contributed by atoms with Gasteiger partial charge < -0.3 is 20.2 Å². The van der Waals surface area contributed by atoms with Crippen molar-refractivity contribution in [1.29, 1.82) is 0 Å². The van der Waals surface area contributed by atoms with Crippen LogP contribution in [0.2, 0.25) is 0 Å². The molecule has 1 amide bonds. The van der Waals surface area contributed by atoms with Crippen molar-refractivity contribution in [2.45, 2.75) is 32.6 Å². The molecule has 0 radical (unpaired) electrons. The van der Waals surface area contributed by atoms with Crippen molar-refractivity contribution in [3.63, 3.8) is 0 Å². The van der Waals surface area contributed by atoms with Crippen molar-refractivity contribution in [2.75, 3.05) is 50.8 Å². The number of unbranched alkanes of at least 4 members (excludes halogenated alkanes) is 2. The average molecular weight is 592 g/mol. The van der Waals surface area contributed by atoms with Gasteiger partial charge in [-0.3, -0.25) is 33.4 Å². The van der Waals surface area contributed by atoms with Crippen LogP contribution >= 0.6 is 24.0 Å². The van der Waals surface area contributed by atoms with Crippen LogP contribution in [0.1, 0.15) is 38.2 Å². The van der Waals surface area contributed by atoms with E-state index < -0.39 is 11.9 Å². The van der Waals surface area contributed by atoms with E-state index in [0.717, 1.165) is 20.0 Å². The number of rotatable bonds is 10. The molecule has 0 spiro atoms. The standard InChI is InChI=1S/C24H29N5O5S2.C2H4O2/c30-15-14-26-10-12-27(13-11-26)21-17(22(33)28-8-5-3-6-19(28)25-21)16-18-23(34)29(24(35)36-18)9-4-1-2-7-20(31)32;1-2(3)4/h3,5-6,8,16,30H,1-2,4,7,9-15H2,(H,31,32);1H3,(H,3,4)/b18-16-;. The Kier molecular flexibility index (Phi) is 11.6. The zero-order valence-corrected chi connectivity index (χ0v) is 23.8. The lowest BCUT2D eigenvalue weighted by atomic mass is 10.2. The molecular formula is C26H33N5O7S2. The normalized spacial score (nSPS) is 16.9. The fourth-order valence-corrected chi connectivity index (χ4v) is 5.62. The van der Waals surface area contributed by atoms with Crippen molar-refractivity contribution in [2.24, 2.45) is 0 Å². The summed E-state index contributed by atoms with van der Waals surface area (Å²) in [6.45, 7) is 4.96. The van der Waals surface area contributed by atoms with Gasteiger partial charge in [0, 0.05) is 58.8 Å². The van der Waals surface area contributed by atoms with Crippen LogP contribution in [0, 0.1) is 0 Å². The maximum atomic E-state index is 13.5. The first-order valence-corrected chi connectivity index (χ1v) is 14.1. The number of pyridine rings is 1. The molecule has 2 aromatic rings. The Morgan fingerprint density at radius 2 is 1.77 bits per heavy atom. The third kappa shape index (κ3) is 8.34. The fraction of sp³-hybridized carbons (Fsp3) is 0.462. The van der Waals surface area contributed by atoms with Crippen molar-refractivity contribution >= 4 is 63.7 Å². The molecule has 2 fully saturated rings. The summed E-state index contributed by atoms with van der Waals surface area (Å²) in [5.41, 5.74) is 0.616. The van der Waals surface area contributed by atoms with Gasteiger partial charge in [-0.05, 0) is 31.1 Å². The molecule has 216 valence electrons. The van der Waals surface area contributed by atoms with Crippen LogP contribution in [0.25, 0.3) is 11.7 Å². The molecule has 2 saturated heterocycles. The molecule has 2 aliphatic rings. The Balaban J connectivity index is 0.00000103. The summed E-state index contributed by atoms with van der Waals surface area (Å²) in [4.78, 5) is 57.2. The highest BCUT2D eigenvalue weighted by molar-refractivity contribution is 8.26. The summed E-state index contributed by atoms with van der Waals surface area (Å²) < 4.78 is 1.90. The number of thioether (sulfide) groups is 1. The van der Waals surface area contributed by atoms with E-state index in [4.69, 9.17) is 32.2 Å². The number of fused-ring (bicyclic) bond motifs is 1. The summed E-state index contributed by atoms with van der Waals surface area (Å²) in [6.07, 6.45) is 5.26. The molecule has 4 heterocycles. The third-order valence-electron chi connectivity index (χ3n) is 6.26. The van der Waals surface area contributed by atoms with E-state index in [-0.39, 0.29) is 24.5 Å². The van der Waals surface area contributed by atoms with Gasteiger partial charge in [0.05, 0.1) is 17.1 Å². The number of aromatic nitrogens is 2. The molecule has 40 heavy (non-hydrogen) atoms. The Morgan fingerprint density at radius 3 is 2.42 bits per heavy atom. The minimum absolute atomic E-state index is 0.0994. The zero-order valence-electron chi connectivity index (χ0n) is 22.2. The molecule has 0 aliphatic carbocycles. The predicted octanol–water partition coefficient (Wildman–Crippen LogP) is 1.75. The molecule has 0 unspecified atom stereocenters. The van der Waals surface area contributed by atoms with E-state index in [1.807, 2.05) is 6.07 Å². The van der Waals surface area contributed by atoms with Crippen LogP contribution in [0.4, 0.5) is 5.82 Å². The highest BCUT2D eigenvalue weighted by Gasteiger charge is 2.33. The van der Waals surface area contributed by atoms with Gasteiger partial charge in [0.2, 0.25) is 0 Å². The molecule has 0 bridgehead atoms. The van der Waals surface area contributed by atoms with E-state index in [1.54, 1.807) is 24.4 Å². The summed E-state index contributed by atoms with van der Waals surface area (Å²) in [7, 11) is 0. The van der Waals surface area contributed by atoms with Crippen molar-refractivity contribution in [3.8, 4) is 0 Å². The van der Waals surface area contributed by atoms with Crippen LogP contribution < -0.4 is 10.5 Å². The number of aliphatic hydroxyl groups is 1. The maximum absolute atomic E-state index is 13.5. The van der Waals surface area contributed by atoms with Gasteiger partial charge in [0.1, 0.15) is 15.8 Å². The number of carboxylic acids is 2. The predicted molar refractivity (Wildman–Crippen MR) is 156 cm³/mol. The molecule has 12 nitrogen and oxygen atoms in total. The number of nitrogens with zero attached hydrogens (tertiary/aromatic N) is 5. The second-order valence-electron chi connectivity index (χ2n) is 9.19. The first-order chi connectivity index (χ1) is 19.1. The van der Waals surface area contributed by atoms with Gasteiger partial charge in [-0.2, -0.15) is 0 Å². The number of carbonyl (C=O) groups excluding carboxylic acids is 1. The maximum Gasteiger partial charge on any atom is 0.303 e. The van der Waals surface area contributed by atoms with Gasteiger partial charge in [-0.15, -0.1) is 0 Å². The molecule has 4 rings (SSSR count). The lowest BCUT2D eigenvalue weighted by Gasteiger charge is -2.35. The Labute approximate surface area is 240 Å². The SMILES string of the molecule is CC(=O)O.O=C(O)CCCCCN1C(=O)/C(=C/c2c(N3CCN(CCO)CC3)nc3ccccn3c2=O)SC1=S. The molecule has 0 aromatic carbocycles. The minimum atomic E-state index is -0.833. The Morgan fingerprint density at radius 1 is 1.07 bits per heavy atom. The summed E-state index contributed by atoms with van der Waals surface area (Å²) in [5, 5.41) is 25.4. The number of carbonyl (C=O) groups is 3. The molecular weight excluding hydrogens is 558 g/mol. The Bertz CT molecular complexity index is 1330.